The first-order chi connectivity index (χ1) is 14.6. The lowest BCUT2D eigenvalue weighted by atomic mass is 10.0. The number of carbonyl (C=O) groups is 2. The smallest absolute Gasteiger partial charge is 0.190 e. The minimum absolute atomic E-state index is 0.277. The van der Waals surface area contributed by atoms with E-state index in [0.717, 1.165) is 22.4 Å². The molecule has 6 heterocycles. The van der Waals surface area contributed by atoms with Crippen molar-refractivity contribution in [2.75, 3.05) is 0 Å². The Morgan fingerprint density at radius 3 is 1.57 bits per heavy atom. The zero-order valence-corrected chi connectivity index (χ0v) is 15.6. The van der Waals surface area contributed by atoms with E-state index in [0.29, 0.717) is 33.5 Å². The predicted molar refractivity (Wildman–Crippen MR) is 117 cm³/mol. The normalized spacial score (nSPS) is 15.5. The molecule has 3 aromatic heterocycles. The Labute approximate surface area is 170 Å². The minimum atomic E-state index is -0.277. The summed E-state index contributed by atoms with van der Waals surface area (Å²) in [6.45, 7) is 0. The van der Waals surface area contributed by atoms with Gasteiger partial charge in [-0.3, -0.25) is 9.59 Å². The number of fused-ring (bicyclic) bond motifs is 8. The predicted octanol–water partition coefficient (Wildman–Crippen LogP) is 4.59. The Balaban J connectivity index is 1.84. The van der Waals surface area contributed by atoms with E-state index in [1.165, 1.54) is 12.2 Å². The molecule has 0 amide bonds. The molecule has 3 aromatic rings. The molecular weight excluding hydrogens is 376 g/mol. The van der Waals surface area contributed by atoms with E-state index in [2.05, 4.69) is 19.9 Å². The summed E-state index contributed by atoms with van der Waals surface area (Å²) in [5.41, 5.74) is 6.45. The highest BCUT2D eigenvalue weighted by Crippen LogP contribution is 2.26. The number of aromatic nitrogens is 4. The van der Waals surface area contributed by atoms with Gasteiger partial charge in [0.1, 0.15) is 0 Å². The summed E-state index contributed by atoms with van der Waals surface area (Å²) < 4.78 is 0. The highest BCUT2D eigenvalue weighted by molar-refractivity contribution is 6.19. The molecule has 0 saturated carbocycles. The Hall–Kier alpha value is -4.32. The molecule has 0 fully saturated rings. The molecule has 142 valence electrons. The molecule has 3 aliphatic rings. The van der Waals surface area contributed by atoms with Crippen molar-refractivity contribution < 1.29 is 9.59 Å². The molecule has 0 aliphatic carbocycles. The Kier molecular flexibility index (Phi) is 3.37. The maximum absolute atomic E-state index is 13.0. The van der Waals surface area contributed by atoms with Crippen LogP contribution in [0.15, 0.2) is 48.6 Å². The number of H-pyrrole nitrogens is 2. The lowest BCUT2D eigenvalue weighted by Crippen LogP contribution is -2.00. The number of carbonyl (C=O) groups excluding carboxylic acids is 2. The number of rotatable bonds is 0. The van der Waals surface area contributed by atoms with Crippen LogP contribution in [0, 0.1) is 0 Å². The average Bonchev–Trinajstić information content (AvgIpc) is 3.50. The van der Waals surface area contributed by atoms with Crippen molar-refractivity contribution in [3.8, 4) is 0 Å². The van der Waals surface area contributed by atoms with E-state index < -0.39 is 0 Å². The maximum Gasteiger partial charge on any atom is 0.190 e. The van der Waals surface area contributed by atoms with Gasteiger partial charge < -0.3 is 9.97 Å². The van der Waals surface area contributed by atoms with Crippen LogP contribution in [0.4, 0.5) is 0 Å². The van der Waals surface area contributed by atoms with E-state index in [4.69, 9.17) is 0 Å². The van der Waals surface area contributed by atoms with Crippen molar-refractivity contribution in [1.29, 1.82) is 0 Å². The largest absolute Gasteiger partial charge is 0.355 e. The summed E-state index contributed by atoms with van der Waals surface area (Å²) in [4.78, 5) is 41.7. The fourth-order valence-electron chi connectivity index (χ4n) is 3.91. The number of allylic oxidation sites excluding steroid dienone is 2. The quantitative estimate of drug-likeness (QED) is 0.404. The Morgan fingerprint density at radius 1 is 0.567 bits per heavy atom. The third kappa shape index (κ3) is 2.58. The fraction of sp³-hybridized carbons (Fsp3) is 0. The molecule has 3 aliphatic heterocycles. The molecule has 10 bridgehead atoms. The van der Waals surface area contributed by atoms with Gasteiger partial charge in [-0.25, -0.2) is 9.97 Å². The maximum atomic E-state index is 13.0. The number of hydrogen-bond donors (Lipinski definition) is 2. The highest BCUT2D eigenvalue weighted by atomic mass is 16.1. The van der Waals surface area contributed by atoms with Gasteiger partial charge in [0.15, 0.2) is 11.6 Å². The second-order valence-corrected chi connectivity index (χ2v) is 7.27. The first kappa shape index (κ1) is 16.6. The van der Waals surface area contributed by atoms with Crippen LogP contribution in [0.25, 0.3) is 46.4 Å². The first-order valence-corrected chi connectivity index (χ1v) is 9.51. The molecule has 6 nitrogen and oxygen atoms in total. The third-order valence-corrected chi connectivity index (χ3v) is 5.28. The van der Waals surface area contributed by atoms with Crippen molar-refractivity contribution >= 4 is 57.9 Å². The summed E-state index contributed by atoms with van der Waals surface area (Å²) in [5, 5.41) is 0. The summed E-state index contributed by atoms with van der Waals surface area (Å²) in [7, 11) is 0. The van der Waals surface area contributed by atoms with Gasteiger partial charge in [0.05, 0.1) is 44.9 Å². The van der Waals surface area contributed by atoms with Crippen molar-refractivity contribution in [2.45, 2.75) is 0 Å². The average molecular weight is 390 g/mol. The third-order valence-electron chi connectivity index (χ3n) is 5.28. The van der Waals surface area contributed by atoms with Crippen molar-refractivity contribution in [2.24, 2.45) is 0 Å². The standard InChI is InChI=1S/C24H14N4O2/c29-21-9-10-22(30)24-18-6-4-16(27-18)12-14-2-1-13(25-14)11-15-3-5-17(26-15)23(21)19-7-8-20(24)28-19/h1-12,26-27H/b10-9-,13-11?,14-12?,15-11?,16-12?,23-17?,23-19?,24-18?,24-20?. The summed E-state index contributed by atoms with van der Waals surface area (Å²) in [5.74, 6) is -0.553. The van der Waals surface area contributed by atoms with Gasteiger partial charge in [-0.15, -0.1) is 0 Å². The second-order valence-electron chi connectivity index (χ2n) is 7.27. The second kappa shape index (κ2) is 6.09. The molecule has 0 aromatic carbocycles. The molecule has 2 N–H and O–H groups in total. The van der Waals surface area contributed by atoms with E-state index in [-0.39, 0.29) is 11.6 Å². The molecule has 0 saturated heterocycles. The molecule has 6 heteroatoms. The van der Waals surface area contributed by atoms with E-state index in [1.807, 2.05) is 48.6 Å². The SMILES string of the molecule is O=C1/C=C\C(=O)c2c3nc(c1c1ccc(cc4nc(cc5ccc2[nH]5)C=C4)[nH]1)C=C3. The minimum Gasteiger partial charge on any atom is -0.355 e. The van der Waals surface area contributed by atoms with Gasteiger partial charge in [0, 0.05) is 11.0 Å². The molecule has 0 atom stereocenters. The van der Waals surface area contributed by atoms with Crippen LogP contribution >= 0.6 is 0 Å². The molecule has 0 radical (unpaired) electrons. The van der Waals surface area contributed by atoms with E-state index >= 15 is 0 Å². The monoisotopic (exact) mass is 390 g/mol. The Morgan fingerprint density at radius 2 is 1.07 bits per heavy atom. The number of ketones is 2. The number of nitrogens with zero attached hydrogens (tertiary/aromatic N) is 2. The topological polar surface area (TPSA) is 91.5 Å². The van der Waals surface area contributed by atoms with Gasteiger partial charge in [0.2, 0.25) is 0 Å². The van der Waals surface area contributed by atoms with Crippen molar-refractivity contribution in [1.82, 2.24) is 19.9 Å². The van der Waals surface area contributed by atoms with Crippen LogP contribution in [-0.4, -0.2) is 31.5 Å². The van der Waals surface area contributed by atoms with Gasteiger partial charge in [0.25, 0.3) is 0 Å². The van der Waals surface area contributed by atoms with Crippen LogP contribution in [0.2, 0.25) is 0 Å². The van der Waals surface area contributed by atoms with Crippen LogP contribution < -0.4 is 0 Å². The zero-order chi connectivity index (χ0) is 20.2. The molecule has 6 rings (SSSR count). The lowest BCUT2D eigenvalue weighted by molar-refractivity contribution is 0.102. The number of hydrogen-bond acceptors (Lipinski definition) is 4. The van der Waals surface area contributed by atoms with E-state index in [9.17, 15) is 9.59 Å². The molecule has 0 spiro atoms. The van der Waals surface area contributed by atoms with Gasteiger partial charge in [-0.05, 0) is 72.9 Å². The van der Waals surface area contributed by atoms with Crippen molar-refractivity contribution in [3.63, 3.8) is 0 Å². The summed E-state index contributed by atoms with van der Waals surface area (Å²) in [6.07, 6.45) is 10.1. The summed E-state index contributed by atoms with van der Waals surface area (Å²) >= 11 is 0. The molecule has 30 heavy (non-hydrogen) atoms. The van der Waals surface area contributed by atoms with Crippen LogP contribution in [0.1, 0.15) is 43.5 Å². The number of nitrogens with one attached hydrogen (secondary N) is 2. The van der Waals surface area contributed by atoms with Crippen LogP contribution in [0.3, 0.4) is 0 Å². The first-order valence-electron chi connectivity index (χ1n) is 9.51. The lowest BCUT2D eigenvalue weighted by Gasteiger charge is -1.98. The molecule has 0 unspecified atom stereocenters. The van der Waals surface area contributed by atoms with Gasteiger partial charge in [-0.1, -0.05) is 0 Å². The Bertz CT molecular complexity index is 1420. The van der Waals surface area contributed by atoms with Crippen molar-refractivity contribution in [3.05, 3.63) is 82.5 Å². The zero-order valence-electron chi connectivity index (χ0n) is 15.6. The van der Waals surface area contributed by atoms with Crippen LogP contribution in [0.5, 0.6) is 0 Å². The van der Waals surface area contributed by atoms with Gasteiger partial charge >= 0.3 is 0 Å². The van der Waals surface area contributed by atoms with Gasteiger partial charge in [-0.2, -0.15) is 0 Å². The summed E-state index contributed by atoms with van der Waals surface area (Å²) in [6, 6.07) is 11.3. The van der Waals surface area contributed by atoms with E-state index in [1.54, 1.807) is 12.2 Å². The molecular formula is C24H14N4O2. The number of aromatic amines is 2. The fourth-order valence-corrected chi connectivity index (χ4v) is 3.91. The highest BCUT2D eigenvalue weighted by Gasteiger charge is 2.20. The van der Waals surface area contributed by atoms with Crippen LogP contribution in [-0.2, 0) is 0 Å².